The van der Waals surface area contributed by atoms with Crippen LogP contribution in [-0.4, -0.2) is 43.9 Å². The summed E-state index contributed by atoms with van der Waals surface area (Å²) in [6.45, 7) is 3.83. The standard InChI is InChI=1S/C24H26N6O4S/c1-3-13-29-21(31)15-22(35(33,34)14-4-2)30(24(29)32)16-17-9-11-18(12-10-17)19-7-5-6-8-20(19)23-25-27-28-26-23/h5-12,15H,3-4,13-14,16H2,1-2H3,(H,25,26,27,28). The van der Waals surface area contributed by atoms with E-state index in [1.807, 2.05) is 55.5 Å². The minimum absolute atomic E-state index is 0.0217. The van der Waals surface area contributed by atoms with E-state index in [0.717, 1.165) is 32.9 Å². The first-order valence-electron chi connectivity index (χ1n) is 11.3. The number of aromatic nitrogens is 6. The van der Waals surface area contributed by atoms with Crippen LogP contribution < -0.4 is 11.2 Å². The highest BCUT2D eigenvalue weighted by molar-refractivity contribution is 7.91. The van der Waals surface area contributed by atoms with Gasteiger partial charge in [0, 0.05) is 18.2 Å². The lowest BCUT2D eigenvalue weighted by atomic mass is 9.98. The van der Waals surface area contributed by atoms with Crippen LogP contribution in [0.25, 0.3) is 22.5 Å². The molecule has 11 heteroatoms. The maximum Gasteiger partial charge on any atom is 0.332 e. The zero-order valence-corrected chi connectivity index (χ0v) is 20.3. The average molecular weight is 495 g/mol. The molecule has 1 N–H and O–H groups in total. The molecule has 0 amide bonds. The lowest BCUT2D eigenvalue weighted by Gasteiger charge is -2.16. The highest BCUT2D eigenvalue weighted by atomic mass is 32.2. The SMILES string of the molecule is CCCn1c(=O)cc(S(=O)(=O)CCC)n(Cc2ccc(-c3ccccc3-c3nn[nH]n3)cc2)c1=O. The number of aromatic amines is 1. The van der Waals surface area contributed by atoms with E-state index in [1.165, 1.54) is 4.57 Å². The first-order valence-corrected chi connectivity index (χ1v) is 13.0. The van der Waals surface area contributed by atoms with Gasteiger partial charge in [-0.1, -0.05) is 62.4 Å². The zero-order valence-electron chi connectivity index (χ0n) is 19.5. The van der Waals surface area contributed by atoms with Crippen molar-refractivity contribution in [2.75, 3.05) is 5.75 Å². The molecule has 10 nitrogen and oxygen atoms in total. The Morgan fingerprint density at radius 3 is 2.26 bits per heavy atom. The van der Waals surface area contributed by atoms with Crippen LogP contribution in [0.3, 0.4) is 0 Å². The molecule has 2 aromatic carbocycles. The molecule has 0 saturated heterocycles. The molecule has 182 valence electrons. The molecule has 0 aliphatic carbocycles. The Balaban J connectivity index is 1.75. The molecule has 0 unspecified atom stereocenters. The van der Waals surface area contributed by atoms with Crippen molar-refractivity contribution in [1.29, 1.82) is 0 Å². The predicted molar refractivity (Wildman–Crippen MR) is 132 cm³/mol. The Morgan fingerprint density at radius 1 is 0.914 bits per heavy atom. The monoisotopic (exact) mass is 494 g/mol. The smallest absolute Gasteiger partial charge is 0.279 e. The first-order chi connectivity index (χ1) is 16.9. The maximum absolute atomic E-state index is 13.2. The number of hydrogen-bond acceptors (Lipinski definition) is 7. The van der Waals surface area contributed by atoms with Gasteiger partial charge < -0.3 is 0 Å². The molecular formula is C24H26N6O4S. The third kappa shape index (κ3) is 4.99. The summed E-state index contributed by atoms with van der Waals surface area (Å²) in [4.78, 5) is 25.7. The number of rotatable bonds is 9. The molecule has 0 aliphatic heterocycles. The van der Waals surface area contributed by atoms with Gasteiger partial charge in [0.25, 0.3) is 5.56 Å². The lowest BCUT2D eigenvalue weighted by molar-refractivity contribution is 0.519. The van der Waals surface area contributed by atoms with Crippen molar-refractivity contribution in [3.8, 4) is 22.5 Å². The number of benzene rings is 2. The van der Waals surface area contributed by atoms with Gasteiger partial charge in [-0.25, -0.2) is 13.2 Å². The summed E-state index contributed by atoms with van der Waals surface area (Å²) in [7, 11) is -3.79. The fourth-order valence-corrected chi connectivity index (χ4v) is 5.49. The van der Waals surface area contributed by atoms with Gasteiger partial charge in [-0.15, -0.1) is 10.2 Å². The van der Waals surface area contributed by atoms with Crippen LogP contribution in [0.1, 0.15) is 32.3 Å². The van der Waals surface area contributed by atoms with Gasteiger partial charge in [0.2, 0.25) is 5.82 Å². The molecule has 2 aromatic heterocycles. The largest absolute Gasteiger partial charge is 0.332 e. The number of hydrogen-bond donors (Lipinski definition) is 1. The molecule has 0 saturated carbocycles. The molecule has 2 heterocycles. The van der Waals surface area contributed by atoms with Crippen molar-refractivity contribution in [3.05, 3.63) is 81.0 Å². The second-order valence-corrected chi connectivity index (χ2v) is 10.2. The summed E-state index contributed by atoms with van der Waals surface area (Å²) in [5.74, 6) is 0.329. The lowest BCUT2D eigenvalue weighted by Crippen LogP contribution is -2.42. The number of tetrazole rings is 1. The molecule has 4 rings (SSSR count). The Bertz CT molecular complexity index is 1540. The fraction of sp³-hybridized carbons (Fsp3) is 0.292. The molecule has 4 aromatic rings. The van der Waals surface area contributed by atoms with Crippen LogP contribution in [0.4, 0.5) is 0 Å². The van der Waals surface area contributed by atoms with E-state index >= 15 is 0 Å². The van der Waals surface area contributed by atoms with E-state index < -0.39 is 21.1 Å². The van der Waals surface area contributed by atoms with Crippen LogP contribution in [0.5, 0.6) is 0 Å². The molecule has 35 heavy (non-hydrogen) atoms. The Kier molecular flexibility index (Phi) is 7.06. The van der Waals surface area contributed by atoms with Crippen LogP contribution >= 0.6 is 0 Å². The van der Waals surface area contributed by atoms with E-state index in [-0.39, 0.29) is 23.9 Å². The second-order valence-electron chi connectivity index (χ2n) is 8.14. The van der Waals surface area contributed by atoms with Crippen LogP contribution in [0.15, 0.2) is 69.2 Å². The van der Waals surface area contributed by atoms with Gasteiger partial charge in [-0.2, -0.15) is 5.21 Å². The molecule has 0 spiro atoms. The van der Waals surface area contributed by atoms with Crippen molar-refractivity contribution in [3.63, 3.8) is 0 Å². The third-order valence-corrected chi connectivity index (χ3v) is 7.52. The highest BCUT2D eigenvalue weighted by Crippen LogP contribution is 2.29. The van der Waals surface area contributed by atoms with E-state index in [4.69, 9.17) is 0 Å². The summed E-state index contributed by atoms with van der Waals surface area (Å²) < 4.78 is 28.0. The van der Waals surface area contributed by atoms with Gasteiger partial charge in [0.05, 0.1) is 12.3 Å². The molecule has 0 radical (unpaired) electrons. The van der Waals surface area contributed by atoms with Crippen molar-refractivity contribution in [1.82, 2.24) is 29.8 Å². The van der Waals surface area contributed by atoms with Gasteiger partial charge in [-0.3, -0.25) is 13.9 Å². The van der Waals surface area contributed by atoms with Crippen LogP contribution in [-0.2, 0) is 22.9 Å². The summed E-state index contributed by atoms with van der Waals surface area (Å²) in [5.41, 5.74) is 2.11. The summed E-state index contributed by atoms with van der Waals surface area (Å²) in [5, 5.41) is 14.0. The predicted octanol–water partition coefficient (Wildman–Crippen LogP) is 2.50. The summed E-state index contributed by atoms with van der Waals surface area (Å²) in [6.07, 6.45) is 0.952. The maximum atomic E-state index is 13.2. The minimum Gasteiger partial charge on any atom is -0.279 e. The number of nitrogens with one attached hydrogen (secondary N) is 1. The number of sulfone groups is 1. The normalized spacial score (nSPS) is 11.6. The molecule has 0 bridgehead atoms. The van der Waals surface area contributed by atoms with Crippen molar-refractivity contribution >= 4 is 9.84 Å². The summed E-state index contributed by atoms with van der Waals surface area (Å²) >= 11 is 0. The van der Waals surface area contributed by atoms with Gasteiger partial charge in [-0.05, 0) is 34.7 Å². The third-order valence-electron chi connectivity index (χ3n) is 5.60. The topological polar surface area (TPSA) is 133 Å². The van der Waals surface area contributed by atoms with Crippen molar-refractivity contribution < 1.29 is 8.42 Å². The van der Waals surface area contributed by atoms with Gasteiger partial charge >= 0.3 is 5.69 Å². The fourth-order valence-electron chi connectivity index (χ4n) is 3.98. The van der Waals surface area contributed by atoms with Crippen molar-refractivity contribution in [2.24, 2.45) is 0 Å². The molecule has 0 fully saturated rings. The quantitative estimate of drug-likeness (QED) is 0.354. The Morgan fingerprint density at radius 2 is 1.63 bits per heavy atom. The van der Waals surface area contributed by atoms with E-state index in [9.17, 15) is 18.0 Å². The Labute approximate surface area is 202 Å². The molecular weight excluding hydrogens is 468 g/mol. The van der Waals surface area contributed by atoms with E-state index in [2.05, 4.69) is 20.6 Å². The first kappa shape index (κ1) is 24.3. The average Bonchev–Trinajstić information content (AvgIpc) is 3.39. The number of H-pyrrole nitrogens is 1. The van der Waals surface area contributed by atoms with Crippen molar-refractivity contribution in [2.45, 2.75) is 44.8 Å². The highest BCUT2D eigenvalue weighted by Gasteiger charge is 2.22. The van der Waals surface area contributed by atoms with Crippen LogP contribution in [0, 0.1) is 0 Å². The molecule has 0 aliphatic rings. The molecule has 0 atom stereocenters. The second kappa shape index (κ2) is 10.2. The van der Waals surface area contributed by atoms with E-state index in [1.54, 1.807) is 6.92 Å². The van der Waals surface area contributed by atoms with Gasteiger partial charge in [0.15, 0.2) is 9.84 Å². The minimum atomic E-state index is -3.79. The Hall–Kier alpha value is -3.86. The summed E-state index contributed by atoms with van der Waals surface area (Å²) in [6, 6.07) is 16.2. The van der Waals surface area contributed by atoms with E-state index in [0.29, 0.717) is 18.7 Å². The number of nitrogens with zero attached hydrogens (tertiary/aromatic N) is 5. The van der Waals surface area contributed by atoms with Gasteiger partial charge in [0.1, 0.15) is 5.03 Å². The van der Waals surface area contributed by atoms with Crippen LogP contribution in [0.2, 0.25) is 0 Å². The zero-order chi connectivity index (χ0) is 25.0.